The van der Waals surface area contributed by atoms with Crippen LogP contribution in [0.4, 0.5) is 0 Å². The molecule has 10 nitrogen and oxygen atoms in total. The van der Waals surface area contributed by atoms with Gasteiger partial charge in [-0.25, -0.2) is 14.5 Å². The molecular formula is C25H25N7O3. The molecule has 0 aliphatic heterocycles. The summed E-state index contributed by atoms with van der Waals surface area (Å²) in [5.41, 5.74) is 5.85. The van der Waals surface area contributed by atoms with Gasteiger partial charge in [-0.1, -0.05) is 5.16 Å². The van der Waals surface area contributed by atoms with Crippen LogP contribution in [0.15, 0.2) is 54.2 Å². The number of benzene rings is 1. The molecule has 5 rings (SSSR count). The van der Waals surface area contributed by atoms with Crippen LogP contribution in [0.2, 0.25) is 0 Å². The Morgan fingerprint density at radius 2 is 1.80 bits per heavy atom. The number of nitrogens with zero attached hydrogens (tertiary/aromatic N) is 7. The van der Waals surface area contributed by atoms with Crippen LogP contribution in [-0.4, -0.2) is 49.6 Å². The molecule has 0 aliphatic rings. The number of hydrogen-bond donors (Lipinski definition) is 0. The molecule has 5 aromatic rings. The van der Waals surface area contributed by atoms with Crippen molar-refractivity contribution < 1.29 is 14.3 Å². The van der Waals surface area contributed by atoms with E-state index < -0.39 is 0 Å². The lowest BCUT2D eigenvalue weighted by atomic mass is 10.2. The molecule has 0 atom stereocenters. The van der Waals surface area contributed by atoms with Crippen molar-refractivity contribution in [3.8, 4) is 11.5 Å². The van der Waals surface area contributed by atoms with Crippen LogP contribution < -0.4 is 9.47 Å². The number of aromatic nitrogens is 6. The normalized spacial score (nSPS) is 11.5. The van der Waals surface area contributed by atoms with Crippen molar-refractivity contribution in [1.29, 1.82) is 0 Å². The number of methoxy groups -OCH3 is 2. The van der Waals surface area contributed by atoms with Gasteiger partial charge in [0.25, 0.3) is 0 Å². The predicted molar refractivity (Wildman–Crippen MR) is 131 cm³/mol. The van der Waals surface area contributed by atoms with Crippen LogP contribution in [0.3, 0.4) is 0 Å². The van der Waals surface area contributed by atoms with E-state index in [9.17, 15) is 0 Å². The summed E-state index contributed by atoms with van der Waals surface area (Å²) in [6.07, 6.45) is 6.88. The summed E-state index contributed by atoms with van der Waals surface area (Å²) in [6, 6.07) is 9.51. The van der Waals surface area contributed by atoms with E-state index in [0.717, 1.165) is 39.1 Å². The Kier molecular flexibility index (Phi) is 6.01. The van der Waals surface area contributed by atoms with Crippen molar-refractivity contribution >= 4 is 22.9 Å². The van der Waals surface area contributed by atoms with Crippen molar-refractivity contribution in [1.82, 2.24) is 29.1 Å². The summed E-state index contributed by atoms with van der Waals surface area (Å²) in [5.74, 6) is 1.79. The first-order valence-corrected chi connectivity index (χ1v) is 11.0. The van der Waals surface area contributed by atoms with Gasteiger partial charge in [0.1, 0.15) is 12.0 Å². The van der Waals surface area contributed by atoms with E-state index in [1.165, 1.54) is 0 Å². The van der Waals surface area contributed by atoms with Gasteiger partial charge >= 0.3 is 0 Å². The molecule has 10 heteroatoms. The van der Waals surface area contributed by atoms with E-state index in [4.69, 9.17) is 19.3 Å². The van der Waals surface area contributed by atoms with Crippen LogP contribution in [0, 0.1) is 13.8 Å². The lowest BCUT2D eigenvalue weighted by Crippen LogP contribution is -2.03. The first-order valence-electron chi connectivity index (χ1n) is 11.0. The molecule has 0 saturated carbocycles. The summed E-state index contributed by atoms with van der Waals surface area (Å²) < 4.78 is 14.4. The molecule has 0 fully saturated rings. The standard InChI is InChI=1S/C25H25N7O3/c1-16-17(2)31(13-18-7-9-26-10-8-18)24-23(16)25-29-22(30-32(25)15-27-24)14-35-28-12-19-5-6-20(33-3)21(11-19)34-4/h5-12,15H,13-14H2,1-4H3/b28-12+. The molecule has 4 aromatic heterocycles. The summed E-state index contributed by atoms with van der Waals surface area (Å²) in [7, 11) is 3.19. The molecule has 178 valence electrons. The van der Waals surface area contributed by atoms with E-state index in [1.807, 2.05) is 30.3 Å². The Hall–Kier alpha value is -4.47. The van der Waals surface area contributed by atoms with Crippen LogP contribution in [0.5, 0.6) is 11.5 Å². The Morgan fingerprint density at radius 1 is 1.00 bits per heavy atom. The second kappa shape index (κ2) is 9.41. The number of oxime groups is 1. The van der Waals surface area contributed by atoms with Crippen LogP contribution in [-0.2, 0) is 18.0 Å². The van der Waals surface area contributed by atoms with E-state index in [0.29, 0.717) is 23.9 Å². The highest BCUT2D eigenvalue weighted by Crippen LogP contribution is 2.28. The maximum absolute atomic E-state index is 5.46. The summed E-state index contributed by atoms with van der Waals surface area (Å²) in [4.78, 5) is 19.0. The molecule has 0 N–H and O–H groups in total. The van der Waals surface area contributed by atoms with Gasteiger partial charge in [0, 0.05) is 30.2 Å². The molecule has 35 heavy (non-hydrogen) atoms. The maximum Gasteiger partial charge on any atom is 0.192 e. The second-order valence-corrected chi connectivity index (χ2v) is 8.01. The number of hydrogen-bond acceptors (Lipinski definition) is 8. The van der Waals surface area contributed by atoms with Gasteiger partial charge in [-0.05, 0) is 55.3 Å². The quantitative estimate of drug-likeness (QED) is 0.251. The van der Waals surface area contributed by atoms with Crippen LogP contribution in [0.1, 0.15) is 28.2 Å². The van der Waals surface area contributed by atoms with Crippen molar-refractivity contribution in [2.24, 2.45) is 5.16 Å². The van der Waals surface area contributed by atoms with Crippen LogP contribution in [0.25, 0.3) is 16.7 Å². The first kappa shape index (κ1) is 22.3. The number of rotatable bonds is 8. The van der Waals surface area contributed by atoms with Crippen molar-refractivity contribution in [3.63, 3.8) is 0 Å². The fourth-order valence-electron chi connectivity index (χ4n) is 4.03. The molecule has 0 saturated heterocycles. The number of fused-ring (bicyclic) bond motifs is 3. The highest BCUT2D eigenvalue weighted by atomic mass is 16.6. The molecule has 0 radical (unpaired) electrons. The van der Waals surface area contributed by atoms with E-state index in [2.05, 4.69) is 38.6 Å². The zero-order chi connectivity index (χ0) is 24.4. The smallest absolute Gasteiger partial charge is 0.192 e. The molecule has 0 aliphatic carbocycles. The monoisotopic (exact) mass is 471 g/mol. The predicted octanol–water partition coefficient (Wildman–Crippen LogP) is 3.71. The third-order valence-electron chi connectivity index (χ3n) is 5.96. The third-order valence-corrected chi connectivity index (χ3v) is 5.96. The highest BCUT2D eigenvalue weighted by molar-refractivity contribution is 5.94. The zero-order valence-electron chi connectivity index (χ0n) is 20.0. The largest absolute Gasteiger partial charge is 0.493 e. The van der Waals surface area contributed by atoms with Gasteiger partial charge in [-0.3, -0.25) is 4.98 Å². The van der Waals surface area contributed by atoms with E-state index >= 15 is 0 Å². The Bertz CT molecular complexity index is 1520. The van der Waals surface area contributed by atoms with Crippen molar-refractivity contribution in [3.05, 3.63) is 77.3 Å². The molecule has 0 unspecified atom stereocenters. The Labute approximate surface area is 201 Å². The highest BCUT2D eigenvalue weighted by Gasteiger charge is 2.18. The molecule has 0 bridgehead atoms. The molecule has 0 amide bonds. The van der Waals surface area contributed by atoms with Gasteiger partial charge in [-0.2, -0.15) is 0 Å². The van der Waals surface area contributed by atoms with Crippen LogP contribution >= 0.6 is 0 Å². The van der Waals surface area contributed by atoms with Gasteiger partial charge in [0.05, 0.1) is 25.8 Å². The SMILES string of the molecule is COc1ccc(/C=N/OCc2nc3c4c(C)c(C)n(Cc5ccncc5)c4ncn3n2)cc1OC. The number of pyridine rings is 1. The summed E-state index contributed by atoms with van der Waals surface area (Å²) >= 11 is 0. The Balaban J connectivity index is 1.37. The maximum atomic E-state index is 5.46. The minimum absolute atomic E-state index is 0.128. The third kappa shape index (κ3) is 4.25. The Morgan fingerprint density at radius 3 is 2.57 bits per heavy atom. The lowest BCUT2D eigenvalue weighted by Gasteiger charge is -2.07. The first-order chi connectivity index (χ1) is 17.1. The van der Waals surface area contributed by atoms with Gasteiger partial charge < -0.3 is 18.9 Å². The van der Waals surface area contributed by atoms with Gasteiger partial charge in [0.2, 0.25) is 0 Å². The zero-order valence-corrected chi connectivity index (χ0v) is 20.0. The minimum atomic E-state index is 0.128. The van der Waals surface area contributed by atoms with E-state index in [1.54, 1.807) is 43.7 Å². The van der Waals surface area contributed by atoms with Crippen molar-refractivity contribution in [2.75, 3.05) is 14.2 Å². The fraction of sp³-hybridized carbons (Fsp3) is 0.240. The second-order valence-electron chi connectivity index (χ2n) is 8.01. The average molecular weight is 472 g/mol. The van der Waals surface area contributed by atoms with Gasteiger partial charge in [0.15, 0.2) is 29.6 Å². The average Bonchev–Trinajstić information content (AvgIpc) is 3.41. The molecular weight excluding hydrogens is 446 g/mol. The summed E-state index contributed by atoms with van der Waals surface area (Å²) in [6.45, 7) is 5.01. The lowest BCUT2D eigenvalue weighted by molar-refractivity contribution is 0.126. The molecule has 1 aromatic carbocycles. The molecule has 0 spiro atoms. The summed E-state index contributed by atoms with van der Waals surface area (Å²) in [5, 5.41) is 9.54. The van der Waals surface area contributed by atoms with Crippen molar-refractivity contribution in [2.45, 2.75) is 27.0 Å². The topological polar surface area (TPSA) is 101 Å². The fourth-order valence-corrected chi connectivity index (χ4v) is 4.03. The van der Waals surface area contributed by atoms with Gasteiger partial charge in [-0.15, -0.1) is 5.10 Å². The number of ether oxygens (including phenoxy) is 2. The minimum Gasteiger partial charge on any atom is -0.493 e. The number of aryl methyl sites for hydroxylation is 1. The van der Waals surface area contributed by atoms with E-state index in [-0.39, 0.29) is 6.61 Å². The molecule has 4 heterocycles.